The lowest BCUT2D eigenvalue weighted by Gasteiger charge is -2.50. The molecule has 0 saturated carbocycles. The zero-order valence-electron chi connectivity index (χ0n) is 77.9. The fraction of sp³-hybridized carbons (Fsp3) is 0.346. The molecule has 3 saturated heterocycles. The predicted octanol–water partition coefficient (Wildman–Crippen LogP) is 14.8. The maximum absolute atomic E-state index is 14.7. The Kier molecular flexibility index (Phi) is 27.5. The lowest BCUT2D eigenvalue weighted by molar-refractivity contribution is -0.137. The monoisotopic (exact) mass is 1880 g/mol. The van der Waals surface area contributed by atoms with Crippen molar-refractivity contribution in [3.63, 3.8) is 0 Å². The maximum Gasteiger partial charge on any atom is 0.239 e. The van der Waals surface area contributed by atoms with Crippen molar-refractivity contribution in [3.05, 3.63) is 275 Å². The van der Waals surface area contributed by atoms with Crippen LogP contribution in [-0.2, 0) is 58.0 Å². The molecule has 9 aliphatic rings. The highest BCUT2D eigenvalue weighted by molar-refractivity contribution is 7.11. The molecule has 3 fully saturated rings. The van der Waals surface area contributed by atoms with Crippen molar-refractivity contribution in [1.29, 1.82) is 21.0 Å². The van der Waals surface area contributed by atoms with Crippen molar-refractivity contribution >= 4 is 110 Å². The van der Waals surface area contributed by atoms with E-state index in [1.165, 1.54) is 59.4 Å². The molecule has 5 amide bonds. The van der Waals surface area contributed by atoms with Crippen LogP contribution in [0.2, 0.25) is 0 Å². The number of piperidine rings is 1. The number of carbonyl (C=O) groups is 5. The van der Waals surface area contributed by atoms with Crippen molar-refractivity contribution in [2.75, 3.05) is 89.2 Å². The molecule has 10 N–H and O–H groups in total. The van der Waals surface area contributed by atoms with Crippen molar-refractivity contribution < 1.29 is 32.8 Å². The van der Waals surface area contributed by atoms with Crippen molar-refractivity contribution in [1.82, 2.24) is 24.5 Å². The number of aliphatic imine (C=N–C) groups is 5. The van der Waals surface area contributed by atoms with Crippen LogP contribution in [0.15, 0.2) is 235 Å². The van der Waals surface area contributed by atoms with E-state index in [0.717, 1.165) is 127 Å². The van der Waals surface area contributed by atoms with Crippen LogP contribution in [0.25, 0.3) is 22.3 Å². The molecule has 7 aromatic carbocycles. The number of fused-ring (bicyclic) bond motifs is 2. The number of nitriles is 4. The Morgan fingerprint density at radius 3 is 1.42 bits per heavy atom. The first-order valence-corrected chi connectivity index (χ1v) is 47.7. The topological polar surface area (TPSA) is 398 Å². The number of para-hydroxylation sites is 2. The zero-order valence-corrected chi connectivity index (χ0v) is 80.3. The first kappa shape index (κ1) is 96.1. The lowest BCUT2D eigenvalue weighted by Crippen LogP contribution is -2.62. The van der Waals surface area contributed by atoms with Crippen molar-refractivity contribution in [2.24, 2.45) is 83.2 Å². The standard InChI is InChI=1S/2C26H25N5OS.C22H22F2N4O.C18H23N5O.C12H15N3OS/c2*1-26(22-12-19(16-33-22)18-8-6-7-17(11-18)13-27)23(24(32)30(2)25(28)29-26)20-14-31(15-20)21-9-4-3-5-10-21;1-21(2,12-25)14-7-5-13(6-8-14)18-19(29)28(4)20(26)27-22(18,3)16-10-9-15(23)11-17(16)24;1-18(10-16(24)22(2)17(20)21-18)14-6-4-8-23(12-14)15-7-3-5-13(9-15)11-19;1-15-9(16)7-12(14-11(15)13)5-2-3-8-4-6-17-10(8)12/h2*3-12,16,20,23H,14-15H2,1-2H3,(H2,28,29);5-11,18H,1-4H3,(H2,26,27);3,5,7,9,14H,4,6,8,10,12H2,1-2H3,(H2,20,21);4,6H,2-3,5,7H2,1H3,(H2,13,14)/t23-,26+;23-,26-;18-,22+;14?,18-;12-/m01001/s1. The number of thiophene rings is 3. The minimum Gasteiger partial charge on any atom is -0.371 e. The van der Waals surface area contributed by atoms with Crippen LogP contribution in [0.3, 0.4) is 0 Å². The van der Waals surface area contributed by atoms with Gasteiger partial charge in [0.15, 0.2) is 29.8 Å². The summed E-state index contributed by atoms with van der Waals surface area (Å²) in [4.78, 5) is 105. The SMILES string of the molecule is CN1C(=O)C[C@@](C)(C2CCCN(c3cccc(C#N)c3)C2)N=C1N.CN1C(=O)C[C@@]2(CCCc3ccsc32)N=C1N.CN1C(=O)[C@@H](C2CN(c3ccccc3)C2)[C@@](C)(c2cc(-c3cccc(C#N)c3)cs2)N=C1N.CN1C(=O)[C@H](C2CN(c3ccccc3)C2)[C@@](C)(c2cc(-c3cccc(C#N)c3)cs2)N=C1N.CN1C(=O)[C@H](c2ccc(C(C)(C)C#N)cc2)[C@@](C)(c2ccc(F)cc2F)N=C1N. The number of benzene rings is 7. The second-order valence-electron chi connectivity index (χ2n) is 37.4. The van der Waals surface area contributed by atoms with Gasteiger partial charge < -0.3 is 43.4 Å². The third-order valence-corrected chi connectivity index (χ3v) is 31.6. The van der Waals surface area contributed by atoms with E-state index in [4.69, 9.17) is 43.9 Å². The second-order valence-corrected chi connectivity index (χ2v) is 40.1. The fourth-order valence-corrected chi connectivity index (χ4v) is 23.1. The van der Waals surface area contributed by atoms with Gasteiger partial charge in [-0.3, -0.25) is 48.5 Å². The number of halogens is 2. The number of nitrogens with two attached hydrogens (primary N) is 5. The van der Waals surface area contributed by atoms with E-state index < -0.39 is 45.1 Å². The summed E-state index contributed by atoms with van der Waals surface area (Å²) in [5, 5.41) is 43.2. The summed E-state index contributed by atoms with van der Waals surface area (Å²) >= 11 is 4.89. The number of carbonyl (C=O) groups excluding carboxylic acids is 5. The van der Waals surface area contributed by atoms with E-state index in [2.05, 4.69) is 113 Å². The highest BCUT2D eigenvalue weighted by Gasteiger charge is 2.57. The molecule has 19 rings (SSSR count). The number of rotatable bonds is 13. The summed E-state index contributed by atoms with van der Waals surface area (Å²) < 4.78 is 28.1. The summed E-state index contributed by atoms with van der Waals surface area (Å²) in [5.41, 5.74) is 37.9. The van der Waals surface area contributed by atoms with Crippen molar-refractivity contribution in [2.45, 2.75) is 126 Å². The number of hydrogen-bond acceptors (Lipinski definition) is 25. The van der Waals surface area contributed by atoms with E-state index in [1.54, 1.807) is 119 Å². The quantitative estimate of drug-likeness (QED) is 0.0716. The Balaban J connectivity index is 0.000000131. The predicted molar refractivity (Wildman–Crippen MR) is 531 cm³/mol. The summed E-state index contributed by atoms with van der Waals surface area (Å²) in [6.07, 6.45) is 6.02. The summed E-state index contributed by atoms with van der Waals surface area (Å²) in [6.45, 7) is 16.3. The molecule has 8 aliphatic heterocycles. The molecule has 136 heavy (non-hydrogen) atoms. The normalized spacial score (nSPS) is 24.4. The zero-order chi connectivity index (χ0) is 97.3. The van der Waals surface area contributed by atoms with Crippen LogP contribution in [0.5, 0.6) is 0 Å². The van der Waals surface area contributed by atoms with Gasteiger partial charge in [0.05, 0.1) is 82.5 Å². The third kappa shape index (κ3) is 19.0. The van der Waals surface area contributed by atoms with Crippen LogP contribution in [0.4, 0.5) is 25.8 Å². The fourth-order valence-electron chi connectivity index (χ4n) is 19.9. The average molecular weight is 1880 g/mol. The molecule has 3 aromatic heterocycles. The van der Waals surface area contributed by atoms with Gasteiger partial charge in [-0.2, -0.15) is 21.0 Å². The average Bonchev–Trinajstić information content (AvgIpc) is 1.24. The Labute approximate surface area is 803 Å². The van der Waals surface area contributed by atoms with Crippen LogP contribution in [-0.4, -0.2) is 164 Å². The van der Waals surface area contributed by atoms with Crippen LogP contribution in [0, 0.1) is 86.5 Å². The lowest BCUT2D eigenvalue weighted by atomic mass is 9.71. The number of hydrogen-bond donors (Lipinski definition) is 5. The smallest absolute Gasteiger partial charge is 0.239 e. The van der Waals surface area contributed by atoms with Gasteiger partial charge >= 0.3 is 0 Å². The van der Waals surface area contributed by atoms with Gasteiger partial charge in [-0.15, -0.1) is 34.0 Å². The minimum absolute atomic E-state index is 0.0177. The van der Waals surface area contributed by atoms with E-state index in [9.17, 15) is 48.5 Å². The molecule has 0 bridgehead atoms. The van der Waals surface area contributed by atoms with Gasteiger partial charge in [0, 0.05) is 136 Å². The van der Waals surface area contributed by atoms with E-state index in [-0.39, 0.29) is 88.1 Å². The number of amides is 5. The van der Waals surface area contributed by atoms with E-state index in [0.29, 0.717) is 47.0 Å². The highest BCUT2D eigenvalue weighted by atomic mass is 32.1. The van der Waals surface area contributed by atoms with E-state index in [1.807, 2.05) is 118 Å². The van der Waals surface area contributed by atoms with Crippen LogP contribution >= 0.6 is 34.0 Å². The molecule has 698 valence electrons. The number of anilines is 3. The number of nitrogens with zero attached hydrogens (tertiary/aromatic N) is 17. The molecule has 11 heterocycles. The van der Waals surface area contributed by atoms with Crippen molar-refractivity contribution in [3.8, 4) is 46.5 Å². The maximum atomic E-state index is 14.7. The highest BCUT2D eigenvalue weighted by Crippen LogP contribution is 2.53. The summed E-state index contributed by atoms with van der Waals surface area (Å²) in [7, 11) is 8.26. The molecule has 1 aliphatic carbocycles. The Bertz CT molecular complexity index is 6390. The minimum atomic E-state index is -1.36. The Morgan fingerprint density at radius 1 is 0.456 bits per heavy atom. The Morgan fingerprint density at radius 2 is 0.926 bits per heavy atom. The largest absolute Gasteiger partial charge is 0.371 e. The van der Waals surface area contributed by atoms with Gasteiger partial charge in [0.25, 0.3) is 0 Å². The second kappa shape index (κ2) is 38.9. The van der Waals surface area contributed by atoms with Gasteiger partial charge in [-0.1, -0.05) is 97.1 Å². The molecule has 27 nitrogen and oxygen atoms in total. The Hall–Kier alpha value is -14.4. The molecule has 9 atom stereocenters. The van der Waals surface area contributed by atoms with Crippen LogP contribution < -0.4 is 43.4 Å². The first-order valence-electron chi connectivity index (χ1n) is 45.1. The number of guanidine groups is 5. The summed E-state index contributed by atoms with van der Waals surface area (Å²) in [5.74, 6) is -1.50. The van der Waals surface area contributed by atoms with Gasteiger partial charge in [-0.05, 0) is 220 Å². The van der Waals surface area contributed by atoms with Crippen LogP contribution in [0.1, 0.15) is 140 Å². The van der Waals surface area contributed by atoms with Gasteiger partial charge in [0.2, 0.25) is 29.5 Å². The molecule has 32 heteroatoms. The van der Waals surface area contributed by atoms with Gasteiger partial charge in [-0.25, -0.2) is 33.7 Å². The summed E-state index contributed by atoms with van der Waals surface area (Å²) in [6, 6.07) is 68.7. The van der Waals surface area contributed by atoms with Gasteiger partial charge in [0.1, 0.15) is 33.8 Å². The first-order chi connectivity index (χ1) is 64.9. The molecule has 1 spiro atoms. The number of likely N-dealkylation sites (N-methyl/N-ethyl adjacent to an activating group) is 1. The molecular weight excluding hydrogens is 1770 g/mol. The number of aryl methyl sites for hydroxylation is 1. The molecule has 1 unspecified atom stereocenters. The third-order valence-electron chi connectivity index (χ3n) is 28.1. The molecular formula is C104H110F2N22O5S3. The van der Waals surface area contributed by atoms with E-state index >= 15 is 0 Å². The molecule has 0 radical (unpaired) electrons. The molecule has 10 aromatic rings.